The lowest BCUT2D eigenvalue weighted by molar-refractivity contribution is 0.968. The molecule has 0 aromatic carbocycles. The SMILES string of the molecule is CCc1nsc(Sc2cc(C)nc(N)n2)n1. The van der Waals surface area contributed by atoms with Crippen molar-refractivity contribution in [1.29, 1.82) is 0 Å². The third-order valence-electron chi connectivity index (χ3n) is 1.81. The quantitative estimate of drug-likeness (QED) is 0.842. The molecule has 2 rings (SSSR count). The molecule has 2 aromatic heterocycles. The summed E-state index contributed by atoms with van der Waals surface area (Å²) in [6.07, 6.45) is 0.849. The second kappa shape index (κ2) is 4.75. The Morgan fingerprint density at radius 3 is 2.81 bits per heavy atom. The highest BCUT2D eigenvalue weighted by Gasteiger charge is 2.07. The van der Waals surface area contributed by atoms with E-state index in [1.165, 1.54) is 23.3 Å². The van der Waals surface area contributed by atoms with Crippen LogP contribution < -0.4 is 5.73 Å². The third kappa shape index (κ3) is 2.67. The van der Waals surface area contributed by atoms with E-state index in [9.17, 15) is 0 Å². The van der Waals surface area contributed by atoms with Crippen molar-refractivity contribution in [3.05, 3.63) is 17.6 Å². The van der Waals surface area contributed by atoms with Gasteiger partial charge in [-0.15, -0.1) is 0 Å². The van der Waals surface area contributed by atoms with Crippen LogP contribution in [0.4, 0.5) is 5.95 Å². The molecule has 0 saturated carbocycles. The van der Waals surface area contributed by atoms with E-state index in [1.807, 2.05) is 19.9 Å². The summed E-state index contributed by atoms with van der Waals surface area (Å²) in [5.41, 5.74) is 6.43. The lowest BCUT2D eigenvalue weighted by Gasteiger charge is -1.99. The lowest BCUT2D eigenvalue weighted by Crippen LogP contribution is -1.97. The molecule has 0 bridgehead atoms. The molecule has 2 heterocycles. The Kier molecular flexibility index (Phi) is 3.35. The molecule has 2 aromatic rings. The summed E-state index contributed by atoms with van der Waals surface area (Å²) in [7, 11) is 0. The molecule has 0 saturated heterocycles. The summed E-state index contributed by atoms with van der Waals surface area (Å²) < 4.78 is 5.09. The van der Waals surface area contributed by atoms with Crippen LogP contribution in [-0.4, -0.2) is 19.3 Å². The van der Waals surface area contributed by atoms with Gasteiger partial charge in [0, 0.05) is 12.1 Å². The molecule has 0 radical (unpaired) electrons. The average Bonchev–Trinajstić information content (AvgIpc) is 2.64. The molecule has 0 fully saturated rings. The van der Waals surface area contributed by atoms with Gasteiger partial charge in [0.05, 0.1) is 0 Å². The molecule has 7 heteroatoms. The van der Waals surface area contributed by atoms with Crippen molar-refractivity contribution in [2.24, 2.45) is 0 Å². The molecule has 0 aliphatic heterocycles. The number of aromatic nitrogens is 4. The van der Waals surface area contributed by atoms with E-state index in [4.69, 9.17) is 5.73 Å². The Morgan fingerprint density at radius 2 is 2.19 bits per heavy atom. The molecular weight excluding hydrogens is 242 g/mol. The molecule has 0 unspecified atom stereocenters. The van der Waals surface area contributed by atoms with Crippen molar-refractivity contribution >= 4 is 29.2 Å². The van der Waals surface area contributed by atoms with Gasteiger partial charge < -0.3 is 5.73 Å². The van der Waals surface area contributed by atoms with E-state index in [0.717, 1.165) is 27.3 Å². The first-order valence-electron chi connectivity index (χ1n) is 4.79. The maximum Gasteiger partial charge on any atom is 0.221 e. The van der Waals surface area contributed by atoms with E-state index in [1.54, 1.807) is 0 Å². The number of anilines is 1. The fourth-order valence-electron chi connectivity index (χ4n) is 1.13. The van der Waals surface area contributed by atoms with Crippen LogP contribution >= 0.6 is 23.3 Å². The van der Waals surface area contributed by atoms with Gasteiger partial charge in [-0.05, 0) is 36.3 Å². The molecule has 16 heavy (non-hydrogen) atoms. The molecular formula is C9H11N5S2. The molecule has 5 nitrogen and oxygen atoms in total. The number of hydrogen-bond donors (Lipinski definition) is 1. The molecule has 0 spiro atoms. The Labute approximate surface area is 102 Å². The fourth-order valence-corrected chi connectivity index (χ4v) is 2.84. The summed E-state index contributed by atoms with van der Waals surface area (Å²) in [5, 5.41) is 0.809. The van der Waals surface area contributed by atoms with Gasteiger partial charge in [0.25, 0.3) is 0 Å². The van der Waals surface area contributed by atoms with Crippen molar-refractivity contribution in [3.63, 3.8) is 0 Å². The van der Waals surface area contributed by atoms with Gasteiger partial charge in [-0.1, -0.05) is 6.92 Å². The van der Waals surface area contributed by atoms with Crippen LogP contribution in [0.15, 0.2) is 15.4 Å². The fraction of sp³-hybridized carbons (Fsp3) is 0.333. The monoisotopic (exact) mass is 253 g/mol. The van der Waals surface area contributed by atoms with Gasteiger partial charge in [-0.3, -0.25) is 0 Å². The van der Waals surface area contributed by atoms with E-state index in [2.05, 4.69) is 19.3 Å². The van der Waals surface area contributed by atoms with E-state index >= 15 is 0 Å². The average molecular weight is 253 g/mol. The minimum atomic E-state index is 0.294. The summed E-state index contributed by atoms with van der Waals surface area (Å²) in [4.78, 5) is 12.5. The second-order valence-electron chi connectivity index (χ2n) is 3.14. The van der Waals surface area contributed by atoms with E-state index < -0.39 is 0 Å². The zero-order valence-corrected chi connectivity index (χ0v) is 10.6. The first-order chi connectivity index (χ1) is 7.67. The van der Waals surface area contributed by atoms with Crippen molar-refractivity contribution in [3.8, 4) is 0 Å². The predicted octanol–water partition coefficient (Wildman–Crippen LogP) is 1.93. The molecule has 0 aliphatic carbocycles. The molecule has 2 N–H and O–H groups in total. The first-order valence-corrected chi connectivity index (χ1v) is 6.38. The highest BCUT2D eigenvalue weighted by molar-refractivity contribution is 8.00. The third-order valence-corrected chi connectivity index (χ3v) is 3.51. The van der Waals surface area contributed by atoms with Gasteiger partial charge in [0.2, 0.25) is 5.95 Å². The van der Waals surface area contributed by atoms with Crippen LogP contribution in [0.3, 0.4) is 0 Å². The Morgan fingerprint density at radius 1 is 1.38 bits per heavy atom. The molecule has 84 valence electrons. The maximum atomic E-state index is 5.58. The Bertz CT molecular complexity index is 476. The van der Waals surface area contributed by atoms with Gasteiger partial charge in [-0.2, -0.15) is 4.37 Å². The number of hydrogen-bond acceptors (Lipinski definition) is 7. The first kappa shape index (κ1) is 11.3. The lowest BCUT2D eigenvalue weighted by atomic mass is 10.5. The minimum absolute atomic E-state index is 0.294. The minimum Gasteiger partial charge on any atom is -0.368 e. The van der Waals surface area contributed by atoms with Crippen molar-refractivity contribution in [2.45, 2.75) is 29.6 Å². The number of rotatable bonds is 3. The Hall–Kier alpha value is -1.21. The number of nitrogens with zero attached hydrogens (tertiary/aromatic N) is 4. The predicted molar refractivity (Wildman–Crippen MR) is 64.6 cm³/mol. The number of aryl methyl sites for hydroxylation is 2. The van der Waals surface area contributed by atoms with E-state index in [0.29, 0.717) is 5.95 Å². The van der Waals surface area contributed by atoms with E-state index in [-0.39, 0.29) is 0 Å². The topological polar surface area (TPSA) is 77.6 Å². The highest BCUT2D eigenvalue weighted by atomic mass is 32.2. The van der Waals surface area contributed by atoms with Gasteiger partial charge >= 0.3 is 0 Å². The summed E-state index contributed by atoms with van der Waals surface area (Å²) >= 11 is 2.85. The van der Waals surface area contributed by atoms with Crippen LogP contribution in [0, 0.1) is 6.92 Å². The molecule has 0 amide bonds. The number of nitrogens with two attached hydrogens (primary N) is 1. The zero-order valence-electron chi connectivity index (χ0n) is 8.97. The summed E-state index contributed by atoms with van der Waals surface area (Å²) in [6.45, 7) is 3.92. The smallest absolute Gasteiger partial charge is 0.221 e. The van der Waals surface area contributed by atoms with Crippen molar-refractivity contribution < 1.29 is 0 Å². The van der Waals surface area contributed by atoms with Crippen LogP contribution in [0.1, 0.15) is 18.4 Å². The summed E-state index contributed by atoms with van der Waals surface area (Å²) in [5.74, 6) is 1.16. The molecule has 0 aliphatic rings. The van der Waals surface area contributed by atoms with Crippen LogP contribution in [-0.2, 0) is 6.42 Å². The van der Waals surface area contributed by atoms with Gasteiger partial charge in [0.1, 0.15) is 10.9 Å². The van der Waals surface area contributed by atoms with Gasteiger partial charge in [0.15, 0.2) is 4.34 Å². The van der Waals surface area contributed by atoms with Crippen molar-refractivity contribution in [2.75, 3.05) is 5.73 Å². The molecule has 0 atom stereocenters. The van der Waals surface area contributed by atoms with Crippen LogP contribution in [0.25, 0.3) is 0 Å². The summed E-state index contributed by atoms with van der Waals surface area (Å²) in [6, 6.07) is 1.88. The van der Waals surface area contributed by atoms with Crippen LogP contribution in [0.2, 0.25) is 0 Å². The van der Waals surface area contributed by atoms with Gasteiger partial charge in [-0.25, -0.2) is 15.0 Å². The largest absolute Gasteiger partial charge is 0.368 e. The maximum absolute atomic E-state index is 5.58. The standard InChI is InChI=1S/C9H11N5S2/c1-3-6-12-9(16-14-6)15-7-4-5(2)11-8(10)13-7/h4H,3H2,1-2H3,(H2,10,11,13). The van der Waals surface area contributed by atoms with Crippen molar-refractivity contribution in [1.82, 2.24) is 19.3 Å². The Balaban J connectivity index is 2.19. The second-order valence-corrected chi connectivity index (χ2v) is 5.16. The highest BCUT2D eigenvalue weighted by Crippen LogP contribution is 2.28. The number of nitrogen functional groups attached to an aromatic ring is 1. The zero-order chi connectivity index (χ0) is 11.5. The van der Waals surface area contributed by atoms with Crippen LogP contribution in [0.5, 0.6) is 0 Å². The normalized spacial score (nSPS) is 10.6.